The summed E-state index contributed by atoms with van der Waals surface area (Å²) in [5, 5.41) is 10.9. The van der Waals surface area contributed by atoms with Crippen molar-refractivity contribution in [2.24, 2.45) is 0 Å². The SMILES string of the molecule is O=C1/C(=C\c2ccc[nH]2)SC(=S)N1c1cccc([N+](=O)[O-])c1. The van der Waals surface area contributed by atoms with E-state index in [4.69, 9.17) is 12.2 Å². The van der Waals surface area contributed by atoms with E-state index >= 15 is 0 Å². The van der Waals surface area contributed by atoms with Crippen LogP contribution in [0.25, 0.3) is 6.08 Å². The second kappa shape index (κ2) is 5.74. The molecule has 0 aliphatic carbocycles. The molecule has 1 aromatic heterocycles. The van der Waals surface area contributed by atoms with Gasteiger partial charge in [0.05, 0.1) is 15.5 Å². The summed E-state index contributed by atoms with van der Waals surface area (Å²) in [6.45, 7) is 0. The van der Waals surface area contributed by atoms with E-state index in [-0.39, 0.29) is 11.6 Å². The fourth-order valence-electron chi connectivity index (χ4n) is 2.01. The van der Waals surface area contributed by atoms with Gasteiger partial charge < -0.3 is 4.98 Å². The number of amides is 1. The van der Waals surface area contributed by atoms with Crippen molar-refractivity contribution in [3.63, 3.8) is 0 Å². The molecule has 22 heavy (non-hydrogen) atoms. The van der Waals surface area contributed by atoms with Crippen molar-refractivity contribution in [1.82, 2.24) is 4.98 Å². The number of nitrogens with one attached hydrogen (secondary N) is 1. The van der Waals surface area contributed by atoms with E-state index in [1.165, 1.54) is 34.9 Å². The van der Waals surface area contributed by atoms with Gasteiger partial charge in [-0.25, -0.2) is 0 Å². The average molecular weight is 331 g/mol. The van der Waals surface area contributed by atoms with Gasteiger partial charge in [-0.15, -0.1) is 0 Å². The maximum Gasteiger partial charge on any atom is 0.271 e. The molecule has 1 fully saturated rings. The summed E-state index contributed by atoms with van der Waals surface area (Å²) in [5.41, 5.74) is 1.10. The number of hydrogen-bond acceptors (Lipinski definition) is 5. The molecule has 1 amide bonds. The molecular weight excluding hydrogens is 322 g/mol. The summed E-state index contributed by atoms with van der Waals surface area (Å²) in [7, 11) is 0. The van der Waals surface area contributed by atoms with Crippen molar-refractivity contribution in [3.8, 4) is 0 Å². The number of carbonyl (C=O) groups excluding carboxylic acids is 1. The number of aromatic nitrogens is 1. The van der Waals surface area contributed by atoms with E-state index in [0.717, 1.165) is 5.69 Å². The Morgan fingerprint density at radius 2 is 2.14 bits per heavy atom. The van der Waals surface area contributed by atoms with E-state index in [1.54, 1.807) is 18.3 Å². The van der Waals surface area contributed by atoms with Crippen LogP contribution in [-0.2, 0) is 4.79 Å². The van der Waals surface area contributed by atoms with Crippen molar-refractivity contribution in [3.05, 3.63) is 63.3 Å². The van der Waals surface area contributed by atoms with Crippen LogP contribution in [-0.4, -0.2) is 20.1 Å². The van der Waals surface area contributed by atoms with Gasteiger partial charge in [-0.3, -0.25) is 19.8 Å². The fourth-order valence-corrected chi connectivity index (χ4v) is 3.30. The highest BCUT2D eigenvalue weighted by atomic mass is 32.2. The Balaban J connectivity index is 1.95. The Morgan fingerprint density at radius 1 is 1.32 bits per heavy atom. The van der Waals surface area contributed by atoms with Crippen molar-refractivity contribution in [2.45, 2.75) is 0 Å². The lowest BCUT2D eigenvalue weighted by Crippen LogP contribution is -2.27. The smallest absolute Gasteiger partial charge is 0.271 e. The highest BCUT2D eigenvalue weighted by molar-refractivity contribution is 8.27. The second-order valence-corrected chi connectivity index (χ2v) is 6.10. The predicted octanol–water partition coefficient (Wildman–Crippen LogP) is 3.33. The molecular formula is C14H9N3O3S2. The summed E-state index contributed by atoms with van der Waals surface area (Å²) >= 11 is 6.40. The molecule has 0 atom stereocenters. The topological polar surface area (TPSA) is 79.2 Å². The third kappa shape index (κ3) is 2.66. The number of aromatic amines is 1. The molecule has 1 saturated heterocycles. The number of non-ortho nitro benzene ring substituents is 1. The van der Waals surface area contributed by atoms with Crippen LogP contribution in [0, 0.1) is 10.1 Å². The zero-order valence-corrected chi connectivity index (χ0v) is 12.7. The van der Waals surface area contributed by atoms with Crippen molar-refractivity contribution in [2.75, 3.05) is 4.90 Å². The van der Waals surface area contributed by atoms with Crippen LogP contribution in [0.2, 0.25) is 0 Å². The molecule has 2 aromatic rings. The molecule has 1 N–H and O–H groups in total. The lowest BCUT2D eigenvalue weighted by Gasteiger charge is -2.13. The van der Waals surface area contributed by atoms with Gasteiger partial charge in [0.2, 0.25) is 0 Å². The molecule has 8 heteroatoms. The molecule has 0 saturated carbocycles. The first-order valence-corrected chi connectivity index (χ1v) is 7.44. The molecule has 1 aliphatic rings. The van der Waals surface area contributed by atoms with Gasteiger partial charge in [0.1, 0.15) is 0 Å². The van der Waals surface area contributed by atoms with Gasteiger partial charge in [0.15, 0.2) is 4.32 Å². The summed E-state index contributed by atoms with van der Waals surface area (Å²) in [4.78, 5) is 27.6. The Morgan fingerprint density at radius 3 is 2.82 bits per heavy atom. The Kier molecular flexibility index (Phi) is 3.78. The van der Waals surface area contributed by atoms with Gasteiger partial charge in [0, 0.05) is 24.0 Å². The number of H-pyrrole nitrogens is 1. The molecule has 1 aliphatic heterocycles. The van der Waals surface area contributed by atoms with Crippen LogP contribution >= 0.6 is 24.0 Å². The monoisotopic (exact) mass is 331 g/mol. The number of rotatable bonds is 3. The number of hydrogen-bond donors (Lipinski definition) is 1. The molecule has 0 bridgehead atoms. The van der Waals surface area contributed by atoms with Gasteiger partial charge in [-0.2, -0.15) is 0 Å². The number of thioether (sulfide) groups is 1. The highest BCUT2D eigenvalue weighted by Crippen LogP contribution is 2.36. The minimum atomic E-state index is -0.504. The minimum absolute atomic E-state index is 0.0834. The standard InChI is InChI=1S/C14H9N3O3S2/c18-13-12(7-9-3-2-6-15-9)22-14(21)16(13)10-4-1-5-11(8-10)17(19)20/h1-8,15H/b12-7+. The van der Waals surface area contributed by atoms with Crippen LogP contribution in [0.5, 0.6) is 0 Å². The first kappa shape index (κ1) is 14.5. The summed E-state index contributed by atoms with van der Waals surface area (Å²) < 4.78 is 0.350. The van der Waals surface area contributed by atoms with Crippen LogP contribution in [0.4, 0.5) is 11.4 Å². The Hall–Kier alpha value is -2.45. The molecule has 6 nitrogen and oxygen atoms in total. The zero-order valence-electron chi connectivity index (χ0n) is 11.1. The fraction of sp³-hybridized carbons (Fsp3) is 0. The first-order chi connectivity index (χ1) is 10.6. The van der Waals surface area contributed by atoms with Crippen LogP contribution in [0.1, 0.15) is 5.69 Å². The largest absolute Gasteiger partial charge is 0.362 e. The minimum Gasteiger partial charge on any atom is -0.362 e. The van der Waals surface area contributed by atoms with Crippen LogP contribution in [0.15, 0.2) is 47.5 Å². The zero-order chi connectivity index (χ0) is 15.7. The number of benzene rings is 1. The maximum atomic E-state index is 12.5. The number of carbonyl (C=O) groups is 1. The second-order valence-electron chi connectivity index (χ2n) is 4.42. The third-order valence-corrected chi connectivity index (χ3v) is 4.30. The summed E-state index contributed by atoms with van der Waals surface area (Å²) in [6.07, 6.45) is 3.46. The van der Waals surface area contributed by atoms with Crippen molar-refractivity contribution in [1.29, 1.82) is 0 Å². The lowest BCUT2D eigenvalue weighted by molar-refractivity contribution is -0.384. The van der Waals surface area contributed by atoms with E-state index < -0.39 is 4.92 Å². The van der Waals surface area contributed by atoms with Crippen LogP contribution < -0.4 is 4.90 Å². The van der Waals surface area contributed by atoms with Gasteiger partial charge in [-0.05, 0) is 24.3 Å². The number of anilines is 1. The van der Waals surface area contributed by atoms with E-state index in [0.29, 0.717) is 14.9 Å². The van der Waals surface area contributed by atoms with E-state index in [2.05, 4.69) is 4.98 Å². The molecule has 1 aromatic carbocycles. The Bertz CT molecular complexity index is 799. The normalized spacial score (nSPS) is 16.5. The van der Waals surface area contributed by atoms with Gasteiger partial charge in [0.25, 0.3) is 11.6 Å². The average Bonchev–Trinajstić information content (AvgIpc) is 3.08. The molecule has 110 valence electrons. The lowest BCUT2D eigenvalue weighted by atomic mass is 10.2. The van der Waals surface area contributed by atoms with Crippen LogP contribution in [0.3, 0.4) is 0 Å². The molecule has 2 heterocycles. The maximum absolute atomic E-state index is 12.5. The van der Waals surface area contributed by atoms with E-state index in [1.807, 2.05) is 12.1 Å². The Labute approximate surface area is 135 Å². The molecule has 0 unspecified atom stereocenters. The molecule has 0 spiro atoms. The van der Waals surface area contributed by atoms with E-state index in [9.17, 15) is 14.9 Å². The number of nitrogens with zero attached hydrogens (tertiary/aromatic N) is 2. The van der Waals surface area contributed by atoms with Crippen molar-refractivity contribution < 1.29 is 9.72 Å². The van der Waals surface area contributed by atoms with Crippen molar-refractivity contribution >= 4 is 51.7 Å². The number of nitro groups is 1. The quantitative estimate of drug-likeness (QED) is 0.404. The highest BCUT2D eigenvalue weighted by Gasteiger charge is 2.33. The first-order valence-electron chi connectivity index (χ1n) is 6.22. The van der Waals surface area contributed by atoms with Gasteiger partial charge >= 0.3 is 0 Å². The molecule has 3 rings (SSSR count). The van der Waals surface area contributed by atoms with Gasteiger partial charge in [-0.1, -0.05) is 30.0 Å². The molecule has 0 radical (unpaired) electrons. The number of thiocarbonyl (C=S) groups is 1. The summed E-state index contributed by atoms with van der Waals surface area (Å²) in [6, 6.07) is 9.52. The predicted molar refractivity (Wildman–Crippen MR) is 89.5 cm³/mol. The third-order valence-electron chi connectivity index (χ3n) is 3.00. The number of nitro benzene ring substituents is 1. The summed E-state index contributed by atoms with van der Waals surface area (Å²) in [5.74, 6) is -0.287.